The number of carbonyl (C=O) groups is 1. The van der Waals surface area contributed by atoms with Gasteiger partial charge in [0.2, 0.25) is 0 Å². The van der Waals surface area contributed by atoms with Gasteiger partial charge in [-0.3, -0.25) is 4.79 Å². The summed E-state index contributed by atoms with van der Waals surface area (Å²) in [6.07, 6.45) is 0.967. The first-order valence-corrected chi connectivity index (χ1v) is 5.75. The Labute approximate surface area is 101 Å². The van der Waals surface area contributed by atoms with Crippen molar-refractivity contribution in [3.63, 3.8) is 0 Å². The molecule has 86 valence electrons. The number of benzene rings is 2. The van der Waals surface area contributed by atoms with Crippen molar-refractivity contribution >= 4 is 11.6 Å². The van der Waals surface area contributed by atoms with Crippen molar-refractivity contribution in [3.8, 4) is 0 Å². The Hall–Kier alpha value is -2.09. The summed E-state index contributed by atoms with van der Waals surface area (Å²) in [6.45, 7) is 2.10. The van der Waals surface area contributed by atoms with Crippen LogP contribution < -0.4 is 5.32 Å². The van der Waals surface area contributed by atoms with Crippen LogP contribution in [0.5, 0.6) is 0 Å². The van der Waals surface area contributed by atoms with Crippen LogP contribution in [0.15, 0.2) is 54.6 Å². The van der Waals surface area contributed by atoms with Gasteiger partial charge in [-0.15, -0.1) is 0 Å². The van der Waals surface area contributed by atoms with Crippen LogP contribution in [-0.2, 0) is 6.42 Å². The number of carbonyl (C=O) groups excluding carboxylic acids is 1. The average molecular weight is 225 g/mol. The average Bonchev–Trinajstić information content (AvgIpc) is 2.40. The van der Waals surface area contributed by atoms with Crippen LogP contribution in [-0.4, -0.2) is 5.91 Å². The van der Waals surface area contributed by atoms with Crippen LogP contribution in [0, 0.1) is 0 Å². The van der Waals surface area contributed by atoms with Gasteiger partial charge in [-0.25, -0.2) is 0 Å². The summed E-state index contributed by atoms with van der Waals surface area (Å²) in [7, 11) is 0. The van der Waals surface area contributed by atoms with Crippen LogP contribution >= 0.6 is 0 Å². The molecule has 0 aliphatic carbocycles. The van der Waals surface area contributed by atoms with Crippen molar-refractivity contribution in [2.45, 2.75) is 13.3 Å². The van der Waals surface area contributed by atoms with E-state index in [4.69, 9.17) is 0 Å². The van der Waals surface area contributed by atoms with Crippen LogP contribution in [0.4, 0.5) is 5.69 Å². The minimum absolute atomic E-state index is 0.0705. The number of aryl methyl sites for hydroxylation is 1. The maximum atomic E-state index is 11.9. The van der Waals surface area contributed by atoms with E-state index >= 15 is 0 Å². The molecule has 0 heterocycles. The fourth-order valence-electron chi connectivity index (χ4n) is 1.66. The van der Waals surface area contributed by atoms with Crippen molar-refractivity contribution in [2.75, 3.05) is 5.32 Å². The Morgan fingerprint density at radius 1 is 1.06 bits per heavy atom. The maximum Gasteiger partial charge on any atom is 0.255 e. The highest BCUT2D eigenvalue weighted by molar-refractivity contribution is 6.04. The summed E-state index contributed by atoms with van der Waals surface area (Å²) >= 11 is 0. The molecule has 0 aliphatic rings. The van der Waals surface area contributed by atoms with Gasteiger partial charge in [0.15, 0.2) is 0 Å². The summed E-state index contributed by atoms with van der Waals surface area (Å²) in [4.78, 5) is 11.9. The van der Waals surface area contributed by atoms with Crippen molar-refractivity contribution in [3.05, 3.63) is 65.7 Å². The number of hydrogen-bond acceptors (Lipinski definition) is 1. The number of rotatable bonds is 3. The Morgan fingerprint density at radius 2 is 1.82 bits per heavy atom. The SMILES string of the molecule is CCc1cccc(NC(=O)c2ccccc2)c1. The molecule has 0 bridgehead atoms. The predicted octanol–water partition coefficient (Wildman–Crippen LogP) is 3.50. The molecule has 0 saturated heterocycles. The normalized spacial score (nSPS) is 9.94. The largest absolute Gasteiger partial charge is 0.322 e. The Kier molecular flexibility index (Phi) is 3.55. The van der Waals surface area contributed by atoms with Crippen molar-refractivity contribution in [2.24, 2.45) is 0 Å². The number of anilines is 1. The lowest BCUT2D eigenvalue weighted by Gasteiger charge is -2.06. The molecule has 0 unspecified atom stereocenters. The van der Waals surface area contributed by atoms with Crippen molar-refractivity contribution in [1.82, 2.24) is 0 Å². The summed E-state index contributed by atoms with van der Waals surface area (Å²) in [5.41, 5.74) is 2.74. The lowest BCUT2D eigenvalue weighted by molar-refractivity contribution is 0.102. The fourth-order valence-corrected chi connectivity index (χ4v) is 1.66. The molecule has 0 saturated carbocycles. The van der Waals surface area contributed by atoms with E-state index in [0.29, 0.717) is 5.56 Å². The quantitative estimate of drug-likeness (QED) is 0.851. The van der Waals surface area contributed by atoms with Gasteiger partial charge in [0.1, 0.15) is 0 Å². The van der Waals surface area contributed by atoms with Gasteiger partial charge in [0, 0.05) is 11.3 Å². The van der Waals surface area contributed by atoms with Crippen molar-refractivity contribution < 1.29 is 4.79 Å². The summed E-state index contributed by atoms with van der Waals surface area (Å²) < 4.78 is 0. The number of amides is 1. The Bertz CT molecular complexity index is 505. The monoisotopic (exact) mass is 225 g/mol. The van der Waals surface area contributed by atoms with Gasteiger partial charge in [-0.05, 0) is 36.2 Å². The zero-order chi connectivity index (χ0) is 12.1. The summed E-state index contributed by atoms with van der Waals surface area (Å²) in [5, 5.41) is 2.89. The predicted molar refractivity (Wildman–Crippen MR) is 70.2 cm³/mol. The molecule has 0 radical (unpaired) electrons. The first-order chi connectivity index (χ1) is 8.29. The standard InChI is InChI=1S/C15H15NO/c1-2-12-7-6-10-14(11-12)16-15(17)13-8-4-3-5-9-13/h3-11H,2H2,1H3,(H,16,17). The molecule has 0 aliphatic heterocycles. The molecule has 2 nitrogen and oxygen atoms in total. The molecular formula is C15H15NO. The van der Waals surface area contributed by atoms with Gasteiger partial charge in [-0.2, -0.15) is 0 Å². The molecule has 0 aromatic heterocycles. The van der Waals surface area contributed by atoms with E-state index in [9.17, 15) is 4.79 Å². The maximum absolute atomic E-state index is 11.9. The van der Waals surface area contributed by atoms with E-state index in [2.05, 4.69) is 18.3 Å². The second-order valence-corrected chi connectivity index (χ2v) is 3.87. The highest BCUT2D eigenvalue weighted by atomic mass is 16.1. The van der Waals surface area contributed by atoms with Crippen LogP contribution in [0.2, 0.25) is 0 Å². The highest BCUT2D eigenvalue weighted by Gasteiger charge is 2.04. The van der Waals surface area contributed by atoms with E-state index < -0.39 is 0 Å². The van der Waals surface area contributed by atoms with Crippen LogP contribution in [0.1, 0.15) is 22.8 Å². The van der Waals surface area contributed by atoms with Crippen LogP contribution in [0.3, 0.4) is 0 Å². The zero-order valence-electron chi connectivity index (χ0n) is 9.81. The second kappa shape index (κ2) is 5.30. The third-order valence-electron chi connectivity index (χ3n) is 2.63. The molecule has 0 atom stereocenters. The van der Waals surface area contributed by atoms with E-state index in [1.54, 1.807) is 12.1 Å². The van der Waals surface area contributed by atoms with E-state index in [1.807, 2.05) is 36.4 Å². The summed E-state index contributed by atoms with van der Waals surface area (Å²) in [5.74, 6) is -0.0705. The van der Waals surface area contributed by atoms with E-state index in [0.717, 1.165) is 12.1 Å². The molecule has 2 aromatic carbocycles. The van der Waals surface area contributed by atoms with Gasteiger partial charge in [0.05, 0.1) is 0 Å². The molecule has 0 spiro atoms. The molecule has 17 heavy (non-hydrogen) atoms. The molecule has 1 N–H and O–H groups in total. The molecule has 0 fully saturated rings. The number of hydrogen-bond donors (Lipinski definition) is 1. The second-order valence-electron chi connectivity index (χ2n) is 3.87. The fraction of sp³-hybridized carbons (Fsp3) is 0.133. The lowest BCUT2D eigenvalue weighted by Crippen LogP contribution is -2.11. The van der Waals surface area contributed by atoms with Crippen LogP contribution in [0.25, 0.3) is 0 Å². The topological polar surface area (TPSA) is 29.1 Å². The highest BCUT2D eigenvalue weighted by Crippen LogP contribution is 2.12. The van der Waals surface area contributed by atoms with Crippen molar-refractivity contribution in [1.29, 1.82) is 0 Å². The molecule has 2 aromatic rings. The van der Waals surface area contributed by atoms with Gasteiger partial charge < -0.3 is 5.32 Å². The number of nitrogens with one attached hydrogen (secondary N) is 1. The van der Waals surface area contributed by atoms with E-state index in [1.165, 1.54) is 5.56 Å². The third kappa shape index (κ3) is 2.94. The first kappa shape index (κ1) is 11.4. The van der Waals surface area contributed by atoms with Gasteiger partial charge >= 0.3 is 0 Å². The zero-order valence-corrected chi connectivity index (χ0v) is 9.81. The molecule has 2 heteroatoms. The first-order valence-electron chi connectivity index (χ1n) is 5.75. The van der Waals surface area contributed by atoms with Gasteiger partial charge in [-0.1, -0.05) is 37.3 Å². The molecule has 1 amide bonds. The van der Waals surface area contributed by atoms with E-state index in [-0.39, 0.29) is 5.91 Å². The third-order valence-corrected chi connectivity index (χ3v) is 2.63. The Balaban J connectivity index is 2.13. The minimum atomic E-state index is -0.0705. The smallest absolute Gasteiger partial charge is 0.255 e. The Morgan fingerprint density at radius 3 is 2.53 bits per heavy atom. The molecular weight excluding hydrogens is 210 g/mol. The minimum Gasteiger partial charge on any atom is -0.322 e. The molecule has 2 rings (SSSR count). The van der Waals surface area contributed by atoms with Gasteiger partial charge in [0.25, 0.3) is 5.91 Å². The summed E-state index contributed by atoms with van der Waals surface area (Å²) in [6, 6.07) is 17.1. The lowest BCUT2D eigenvalue weighted by atomic mass is 10.1.